The Bertz CT molecular complexity index is 168. The van der Waals surface area contributed by atoms with Crippen LogP contribution in [0.1, 0.15) is 39.0 Å². The molecule has 0 unspecified atom stereocenters. The van der Waals surface area contributed by atoms with E-state index >= 15 is 0 Å². The molecular formula is C10H19NO2. The SMILES string of the molecule is CC(=O)N[C@@H]1CCCC[C@H]1CCO. The van der Waals surface area contributed by atoms with Gasteiger partial charge >= 0.3 is 0 Å². The quantitative estimate of drug-likeness (QED) is 0.691. The first kappa shape index (κ1) is 10.5. The van der Waals surface area contributed by atoms with Crippen molar-refractivity contribution in [1.82, 2.24) is 5.32 Å². The number of amides is 1. The molecule has 0 aromatic rings. The first-order chi connectivity index (χ1) is 6.24. The topological polar surface area (TPSA) is 49.3 Å². The minimum atomic E-state index is 0.0508. The van der Waals surface area contributed by atoms with Crippen LogP contribution in [0.4, 0.5) is 0 Å². The number of carbonyl (C=O) groups excluding carboxylic acids is 1. The highest BCUT2D eigenvalue weighted by Gasteiger charge is 2.24. The highest BCUT2D eigenvalue weighted by molar-refractivity contribution is 5.73. The third-order valence-electron chi connectivity index (χ3n) is 2.80. The fourth-order valence-electron chi connectivity index (χ4n) is 2.17. The lowest BCUT2D eigenvalue weighted by Crippen LogP contribution is -2.41. The highest BCUT2D eigenvalue weighted by atomic mass is 16.3. The molecule has 1 rings (SSSR count). The number of aliphatic hydroxyl groups excluding tert-OH is 1. The Hall–Kier alpha value is -0.570. The summed E-state index contributed by atoms with van der Waals surface area (Å²) in [7, 11) is 0. The Labute approximate surface area is 79.5 Å². The number of carbonyl (C=O) groups is 1. The molecule has 0 aromatic carbocycles. The Morgan fingerprint density at radius 2 is 2.15 bits per heavy atom. The summed E-state index contributed by atoms with van der Waals surface area (Å²) < 4.78 is 0. The summed E-state index contributed by atoms with van der Waals surface area (Å²) in [5.41, 5.74) is 0. The zero-order chi connectivity index (χ0) is 9.68. The van der Waals surface area contributed by atoms with Crippen LogP contribution in [0.2, 0.25) is 0 Å². The summed E-state index contributed by atoms with van der Waals surface area (Å²) in [6.07, 6.45) is 5.48. The fourth-order valence-corrected chi connectivity index (χ4v) is 2.17. The van der Waals surface area contributed by atoms with Gasteiger partial charge in [-0.1, -0.05) is 12.8 Å². The van der Waals surface area contributed by atoms with Gasteiger partial charge in [0, 0.05) is 19.6 Å². The monoisotopic (exact) mass is 185 g/mol. The molecule has 0 radical (unpaired) electrons. The molecule has 0 aliphatic heterocycles. The van der Waals surface area contributed by atoms with Crippen molar-refractivity contribution < 1.29 is 9.90 Å². The van der Waals surface area contributed by atoms with E-state index in [4.69, 9.17) is 5.11 Å². The molecule has 2 N–H and O–H groups in total. The molecule has 0 saturated heterocycles. The van der Waals surface area contributed by atoms with Crippen molar-refractivity contribution in [3.05, 3.63) is 0 Å². The lowest BCUT2D eigenvalue weighted by molar-refractivity contribution is -0.120. The van der Waals surface area contributed by atoms with E-state index in [1.165, 1.54) is 12.8 Å². The second kappa shape index (κ2) is 5.22. The minimum Gasteiger partial charge on any atom is -0.396 e. The molecule has 1 amide bonds. The molecule has 1 saturated carbocycles. The summed E-state index contributed by atoms with van der Waals surface area (Å²) in [6.45, 7) is 1.80. The van der Waals surface area contributed by atoms with Gasteiger partial charge < -0.3 is 10.4 Å². The Morgan fingerprint density at radius 3 is 2.77 bits per heavy atom. The van der Waals surface area contributed by atoms with Gasteiger partial charge in [-0.3, -0.25) is 4.79 Å². The average Bonchev–Trinajstić information content (AvgIpc) is 2.08. The number of hydrogen-bond donors (Lipinski definition) is 2. The van der Waals surface area contributed by atoms with E-state index in [9.17, 15) is 4.79 Å². The molecular weight excluding hydrogens is 166 g/mol. The van der Waals surface area contributed by atoms with Crippen molar-refractivity contribution >= 4 is 5.91 Å². The average molecular weight is 185 g/mol. The maximum Gasteiger partial charge on any atom is 0.217 e. The third-order valence-corrected chi connectivity index (χ3v) is 2.80. The van der Waals surface area contributed by atoms with Crippen LogP contribution in [0.15, 0.2) is 0 Å². The molecule has 0 spiro atoms. The first-order valence-electron chi connectivity index (χ1n) is 5.12. The zero-order valence-electron chi connectivity index (χ0n) is 8.25. The van der Waals surface area contributed by atoms with E-state index in [1.54, 1.807) is 6.92 Å². The second-order valence-electron chi connectivity index (χ2n) is 3.86. The fraction of sp³-hybridized carbons (Fsp3) is 0.900. The molecule has 0 aromatic heterocycles. The normalized spacial score (nSPS) is 28.5. The van der Waals surface area contributed by atoms with Gasteiger partial charge in [0.2, 0.25) is 5.91 Å². The molecule has 0 bridgehead atoms. The van der Waals surface area contributed by atoms with Crippen LogP contribution < -0.4 is 5.32 Å². The second-order valence-corrected chi connectivity index (χ2v) is 3.86. The van der Waals surface area contributed by atoms with Crippen molar-refractivity contribution in [2.45, 2.75) is 45.1 Å². The van der Waals surface area contributed by atoms with Gasteiger partial charge in [0.1, 0.15) is 0 Å². The molecule has 1 aliphatic carbocycles. The van der Waals surface area contributed by atoms with E-state index in [2.05, 4.69) is 5.32 Å². The zero-order valence-corrected chi connectivity index (χ0v) is 8.25. The summed E-state index contributed by atoms with van der Waals surface area (Å²) in [4.78, 5) is 10.9. The molecule has 2 atom stereocenters. The van der Waals surface area contributed by atoms with Crippen molar-refractivity contribution in [3.8, 4) is 0 Å². The molecule has 0 heterocycles. The van der Waals surface area contributed by atoms with Gasteiger partial charge in [-0.25, -0.2) is 0 Å². The molecule has 13 heavy (non-hydrogen) atoms. The van der Waals surface area contributed by atoms with Gasteiger partial charge in [0.05, 0.1) is 0 Å². The smallest absolute Gasteiger partial charge is 0.217 e. The van der Waals surface area contributed by atoms with Crippen LogP contribution in [0, 0.1) is 5.92 Å². The van der Waals surface area contributed by atoms with Gasteiger partial charge in [0.15, 0.2) is 0 Å². The summed E-state index contributed by atoms with van der Waals surface area (Å²) >= 11 is 0. The van der Waals surface area contributed by atoms with Crippen LogP contribution in [0.3, 0.4) is 0 Å². The van der Waals surface area contributed by atoms with Crippen LogP contribution in [0.25, 0.3) is 0 Å². The maximum atomic E-state index is 10.9. The first-order valence-corrected chi connectivity index (χ1v) is 5.12. The lowest BCUT2D eigenvalue weighted by atomic mass is 9.82. The van der Waals surface area contributed by atoms with E-state index in [-0.39, 0.29) is 12.5 Å². The van der Waals surface area contributed by atoms with Crippen molar-refractivity contribution in [2.75, 3.05) is 6.61 Å². The Kier molecular flexibility index (Phi) is 4.22. The Balaban J connectivity index is 2.41. The van der Waals surface area contributed by atoms with Crippen LogP contribution in [-0.4, -0.2) is 23.7 Å². The summed E-state index contributed by atoms with van der Waals surface area (Å²) in [5, 5.41) is 11.8. The maximum absolute atomic E-state index is 10.9. The van der Waals surface area contributed by atoms with Crippen molar-refractivity contribution in [1.29, 1.82) is 0 Å². The molecule has 1 aliphatic rings. The van der Waals surface area contributed by atoms with Crippen molar-refractivity contribution in [3.63, 3.8) is 0 Å². The van der Waals surface area contributed by atoms with E-state index in [0.29, 0.717) is 12.0 Å². The third kappa shape index (κ3) is 3.35. The predicted octanol–water partition coefficient (Wildman–Crippen LogP) is 1.06. The van der Waals surface area contributed by atoms with Gasteiger partial charge in [0.25, 0.3) is 0 Å². The van der Waals surface area contributed by atoms with E-state index in [1.807, 2.05) is 0 Å². The predicted molar refractivity (Wildman–Crippen MR) is 51.3 cm³/mol. The molecule has 3 nitrogen and oxygen atoms in total. The van der Waals surface area contributed by atoms with Gasteiger partial charge in [-0.05, 0) is 25.2 Å². The van der Waals surface area contributed by atoms with Crippen LogP contribution in [-0.2, 0) is 4.79 Å². The molecule has 3 heteroatoms. The van der Waals surface area contributed by atoms with Crippen LogP contribution >= 0.6 is 0 Å². The van der Waals surface area contributed by atoms with Gasteiger partial charge in [-0.2, -0.15) is 0 Å². The van der Waals surface area contributed by atoms with E-state index < -0.39 is 0 Å². The Morgan fingerprint density at radius 1 is 1.46 bits per heavy atom. The largest absolute Gasteiger partial charge is 0.396 e. The van der Waals surface area contributed by atoms with Crippen LogP contribution in [0.5, 0.6) is 0 Å². The number of nitrogens with one attached hydrogen (secondary N) is 1. The number of aliphatic hydroxyl groups is 1. The van der Waals surface area contributed by atoms with E-state index in [0.717, 1.165) is 19.3 Å². The number of rotatable bonds is 3. The molecule has 76 valence electrons. The minimum absolute atomic E-state index is 0.0508. The summed E-state index contributed by atoms with van der Waals surface area (Å²) in [6, 6.07) is 0.304. The van der Waals surface area contributed by atoms with Gasteiger partial charge in [-0.15, -0.1) is 0 Å². The van der Waals surface area contributed by atoms with Crippen molar-refractivity contribution in [2.24, 2.45) is 5.92 Å². The summed E-state index contributed by atoms with van der Waals surface area (Å²) in [5.74, 6) is 0.539. The molecule has 1 fully saturated rings. The standard InChI is InChI=1S/C10H19NO2/c1-8(13)11-10-5-3-2-4-9(10)6-7-12/h9-10,12H,2-7H2,1H3,(H,11,13)/t9-,10+/m0/s1. The lowest BCUT2D eigenvalue weighted by Gasteiger charge is -2.31. The number of hydrogen-bond acceptors (Lipinski definition) is 2. The highest BCUT2D eigenvalue weighted by Crippen LogP contribution is 2.26.